The first-order chi connectivity index (χ1) is 12.6. The van der Waals surface area contributed by atoms with Crippen LogP contribution in [0.3, 0.4) is 0 Å². The summed E-state index contributed by atoms with van der Waals surface area (Å²) in [7, 11) is 1.61. The number of benzene rings is 1. The van der Waals surface area contributed by atoms with Gasteiger partial charge in [0.05, 0.1) is 22.6 Å². The minimum Gasteiger partial charge on any atom is -0.345 e. The molecule has 0 unspecified atom stereocenters. The lowest BCUT2D eigenvalue weighted by molar-refractivity contribution is -0.137. The van der Waals surface area contributed by atoms with Gasteiger partial charge in [0.15, 0.2) is 5.65 Å². The van der Waals surface area contributed by atoms with Gasteiger partial charge in [0, 0.05) is 12.7 Å². The Labute approximate surface area is 152 Å². The van der Waals surface area contributed by atoms with Crippen molar-refractivity contribution >= 4 is 16.9 Å². The normalized spacial score (nSPS) is 13.0. The summed E-state index contributed by atoms with van der Waals surface area (Å²) in [5.41, 5.74) is 0.398. The Bertz CT molecular complexity index is 1070. The molecule has 2 aromatic heterocycles. The van der Waals surface area contributed by atoms with Crippen LogP contribution in [0, 0.1) is 6.92 Å². The first kappa shape index (κ1) is 18.7. The van der Waals surface area contributed by atoms with Gasteiger partial charge in [0.25, 0.3) is 11.5 Å². The predicted molar refractivity (Wildman–Crippen MR) is 93.4 cm³/mol. The highest BCUT2D eigenvalue weighted by Gasteiger charge is 2.30. The Kier molecular flexibility index (Phi) is 4.54. The third kappa shape index (κ3) is 3.57. The molecule has 2 heterocycles. The van der Waals surface area contributed by atoms with Gasteiger partial charge in [-0.3, -0.25) is 19.4 Å². The minimum atomic E-state index is -4.42. The molecular weight excluding hydrogens is 361 g/mol. The van der Waals surface area contributed by atoms with Crippen LogP contribution < -0.4 is 10.9 Å². The quantitative estimate of drug-likeness (QED) is 0.735. The number of carbonyl (C=O) groups excluding carboxylic acids is 1. The van der Waals surface area contributed by atoms with Gasteiger partial charge in [0.1, 0.15) is 0 Å². The number of nitrogens with one attached hydrogen (secondary N) is 2. The van der Waals surface area contributed by atoms with E-state index in [0.29, 0.717) is 16.9 Å². The second kappa shape index (κ2) is 6.57. The monoisotopic (exact) mass is 378 g/mol. The lowest BCUT2D eigenvalue weighted by Gasteiger charge is -2.16. The van der Waals surface area contributed by atoms with E-state index >= 15 is 0 Å². The van der Waals surface area contributed by atoms with Gasteiger partial charge in [0.2, 0.25) is 0 Å². The molecule has 0 radical (unpaired) electrons. The Morgan fingerprint density at radius 3 is 2.48 bits per heavy atom. The fraction of sp³-hybridized carbons (Fsp3) is 0.278. The number of H-pyrrole nitrogens is 1. The zero-order valence-corrected chi connectivity index (χ0v) is 14.8. The number of alkyl halides is 3. The smallest absolute Gasteiger partial charge is 0.345 e. The van der Waals surface area contributed by atoms with Crippen molar-refractivity contribution in [2.24, 2.45) is 7.05 Å². The molecule has 0 bridgehead atoms. The van der Waals surface area contributed by atoms with E-state index in [9.17, 15) is 22.8 Å². The fourth-order valence-corrected chi connectivity index (χ4v) is 2.88. The maximum absolute atomic E-state index is 12.7. The number of hydrogen-bond donors (Lipinski definition) is 2. The molecule has 0 fully saturated rings. The van der Waals surface area contributed by atoms with Crippen LogP contribution in [0.15, 0.2) is 35.1 Å². The van der Waals surface area contributed by atoms with Crippen molar-refractivity contribution < 1.29 is 18.0 Å². The molecule has 1 amide bonds. The second-order valence-electron chi connectivity index (χ2n) is 6.32. The van der Waals surface area contributed by atoms with Crippen molar-refractivity contribution in [2.45, 2.75) is 26.1 Å². The maximum atomic E-state index is 12.7. The third-order valence-corrected chi connectivity index (χ3v) is 4.27. The Morgan fingerprint density at radius 2 is 1.89 bits per heavy atom. The number of aromatic nitrogens is 3. The molecule has 9 heteroatoms. The molecule has 0 aliphatic rings. The number of pyridine rings is 1. The minimum absolute atomic E-state index is 0.165. The SMILES string of the molecule is Cc1cc(C(=O)N[C@H](C)c2ccc(C(F)(F)F)cc2)c2c(=O)[nH]n(C)c2n1. The molecule has 3 aromatic rings. The molecule has 142 valence electrons. The second-order valence-corrected chi connectivity index (χ2v) is 6.32. The van der Waals surface area contributed by atoms with Crippen LogP contribution in [0.5, 0.6) is 0 Å². The van der Waals surface area contributed by atoms with E-state index < -0.39 is 29.2 Å². The molecular formula is C18H17F3N4O2. The van der Waals surface area contributed by atoms with Crippen LogP contribution in [0.4, 0.5) is 13.2 Å². The highest BCUT2D eigenvalue weighted by atomic mass is 19.4. The number of nitrogens with zero attached hydrogens (tertiary/aromatic N) is 2. The van der Waals surface area contributed by atoms with E-state index in [1.165, 1.54) is 22.9 Å². The van der Waals surface area contributed by atoms with Crippen molar-refractivity contribution in [1.82, 2.24) is 20.1 Å². The van der Waals surface area contributed by atoms with E-state index in [2.05, 4.69) is 15.4 Å². The molecule has 0 saturated heterocycles. The number of rotatable bonds is 3. The predicted octanol–water partition coefficient (Wildman–Crippen LogP) is 3.08. The third-order valence-electron chi connectivity index (χ3n) is 4.27. The molecule has 27 heavy (non-hydrogen) atoms. The standard InChI is InChI=1S/C18H17F3N4O2/c1-9-8-13(14-15(22-9)25(3)24-17(14)27)16(26)23-10(2)11-4-6-12(7-5-11)18(19,20)21/h4-8,10H,1-3H3,(H,23,26)(H,24,27)/t10-/m1/s1. The van der Waals surface area contributed by atoms with Gasteiger partial charge in [-0.2, -0.15) is 13.2 Å². The van der Waals surface area contributed by atoms with Crippen LogP contribution >= 0.6 is 0 Å². The van der Waals surface area contributed by atoms with Crippen molar-refractivity contribution in [3.8, 4) is 0 Å². The molecule has 0 saturated carbocycles. The van der Waals surface area contributed by atoms with Gasteiger partial charge in [-0.25, -0.2) is 4.98 Å². The van der Waals surface area contributed by atoms with E-state index in [1.807, 2.05) is 0 Å². The Balaban J connectivity index is 1.89. The molecule has 0 spiro atoms. The lowest BCUT2D eigenvalue weighted by atomic mass is 10.0. The summed E-state index contributed by atoms with van der Waals surface area (Å²) >= 11 is 0. The summed E-state index contributed by atoms with van der Waals surface area (Å²) < 4.78 is 39.4. The van der Waals surface area contributed by atoms with Crippen LogP contribution in [-0.2, 0) is 13.2 Å². The molecule has 3 rings (SSSR count). The van der Waals surface area contributed by atoms with Crippen molar-refractivity contribution in [2.75, 3.05) is 0 Å². The van der Waals surface area contributed by atoms with E-state index in [0.717, 1.165) is 12.1 Å². The molecule has 0 aliphatic heterocycles. The highest BCUT2D eigenvalue weighted by Crippen LogP contribution is 2.30. The van der Waals surface area contributed by atoms with Crippen molar-refractivity contribution in [1.29, 1.82) is 0 Å². The van der Waals surface area contributed by atoms with Crippen LogP contribution in [0.2, 0.25) is 0 Å². The van der Waals surface area contributed by atoms with E-state index in [-0.39, 0.29) is 10.9 Å². The Hall–Kier alpha value is -3.10. The van der Waals surface area contributed by atoms with Crippen LogP contribution in [-0.4, -0.2) is 20.7 Å². The number of amides is 1. The first-order valence-corrected chi connectivity index (χ1v) is 8.12. The molecule has 0 aliphatic carbocycles. The number of hydrogen-bond acceptors (Lipinski definition) is 3. The Morgan fingerprint density at radius 1 is 1.26 bits per heavy atom. The molecule has 1 aromatic carbocycles. The van der Waals surface area contributed by atoms with Gasteiger partial charge in [-0.05, 0) is 37.6 Å². The van der Waals surface area contributed by atoms with Gasteiger partial charge < -0.3 is 5.32 Å². The number of fused-ring (bicyclic) bond motifs is 1. The van der Waals surface area contributed by atoms with Gasteiger partial charge in [-0.15, -0.1) is 0 Å². The van der Waals surface area contributed by atoms with E-state index in [1.54, 1.807) is 20.9 Å². The largest absolute Gasteiger partial charge is 0.416 e. The summed E-state index contributed by atoms with van der Waals surface area (Å²) in [5.74, 6) is -0.505. The molecule has 1 atom stereocenters. The number of aryl methyl sites for hydroxylation is 2. The van der Waals surface area contributed by atoms with Crippen molar-refractivity contribution in [3.05, 3.63) is 63.1 Å². The number of aromatic amines is 1. The summed E-state index contributed by atoms with van der Waals surface area (Å²) in [5, 5.41) is 5.44. The van der Waals surface area contributed by atoms with Crippen LogP contribution in [0.1, 0.15) is 40.1 Å². The highest BCUT2D eigenvalue weighted by molar-refractivity contribution is 6.05. The zero-order chi connectivity index (χ0) is 19.9. The fourth-order valence-electron chi connectivity index (χ4n) is 2.88. The lowest BCUT2D eigenvalue weighted by Crippen LogP contribution is -2.27. The molecule has 2 N–H and O–H groups in total. The summed E-state index contributed by atoms with van der Waals surface area (Å²) in [4.78, 5) is 29.1. The summed E-state index contributed by atoms with van der Waals surface area (Å²) in [6, 6.07) is 5.52. The number of halogens is 3. The average Bonchev–Trinajstić information content (AvgIpc) is 2.87. The summed E-state index contributed by atoms with van der Waals surface area (Å²) in [6.45, 7) is 3.36. The van der Waals surface area contributed by atoms with Gasteiger partial charge in [-0.1, -0.05) is 12.1 Å². The first-order valence-electron chi connectivity index (χ1n) is 8.12. The molecule has 6 nitrogen and oxygen atoms in total. The van der Waals surface area contributed by atoms with E-state index in [4.69, 9.17) is 0 Å². The average molecular weight is 378 g/mol. The van der Waals surface area contributed by atoms with Crippen molar-refractivity contribution in [3.63, 3.8) is 0 Å². The topological polar surface area (TPSA) is 79.8 Å². The van der Waals surface area contributed by atoms with Gasteiger partial charge >= 0.3 is 6.18 Å². The number of carbonyl (C=O) groups is 1. The van der Waals surface area contributed by atoms with Crippen LogP contribution in [0.25, 0.3) is 11.0 Å². The summed E-state index contributed by atoms with van der Waals surface area (Å²) in [6.07, 6.45) is -4.42. The maximum Gasteiger partial charge on any atom is 0.416 e. The zero-order valence-electron chi connectivity index (χ0n) is 14.8.